The fraction of sp³-hybridized carbons (Fsp3) is 0.667. The Hall–Kier alpha value is -1.56. The molecular weight excluding hydrogens is 234 g/mol. The molecule has 0 unspecified atom stereocenters. The number of hydrogen-bond donors (Lipinski definition) is 0. The van der Waals surface area contributed by atoms with Gasteiger partial charge in [0.05, 0.1) is 20.1 Å². The summed E-state index contributed by atoms with van der Waals surface area (Å²) in [5, 5.41) is 0. The van der Waals surface area contributed by atoms with E-state index in [9.17, 15) is 4.79 Å². The second kappa shape index (κ2) is 7.71. The molecule has 6 heteroatoms. The summed E-state index contributed by atoms with van der Waals surface area (Å²) in [5.41, 5.74) is 0. The second-order valence-corrected chi connectivity index (χ2v) is 3.82. The zero-order valence-corrected chi connectivity index (χ0v) is 11.3. The van der Waals surface area contributed by atoms with Crippen molar-refractivity contribution in [2.45, 2.75) is 19.9 Å². The molecule has 102 valence electrons. The molecule has 0 amide bonds. The number of rotatable bonds is 8. The highest BCUT2D eigenvalue weighted by Crippen LogP contribution is 2.12. The first kappa shape index (κ1) is 14.5. The normalized spacial score (nSPS) is 10.4. The second-order valence-electron chi connectivity index (χ2n) is 3.82. The third-order valence-corrected chi connectivity index (χ3v) is 2.70. The van der Waals surface area contributed by atoms with Gasteiger partial charge >= 0.3 is 5.97 Å². The van der Waals surface area contributed by atoms with E-state index in [4.69, 9.17) is 4.74 Å². The van der Waals surface area contributed by atoms with Crippen LogP contribution in [0.2, 0.25) is 0 Å². The van der Waals surface area contributed by atoms with Crippen molar-refractivity contribution in [3.63, 3.8) is 0 Å². The third kappa shape index (κ3) is 4.03. The number of esters is 1. The zero-order valence-electron chi connectivity index (χ0n) is 11.3. The molecule has 0 N–H and O–H groups in total. The Labute approximate surface area is 108 Å². The van der Waals surface area contributed by atoms with Crippen molar-refractivity contribution in [2.24, 2.45) is 0 Å². The van der Waals surface area contributed by atoms with Crippen molar-refractivity contribution in [3.05, 3.63) is 12.4 Å². The molecule has 0 aliphatic rings. The molecule has 0 spiro atoms. The van der Waals surface area contributed by atoms with E-state index < -0.39 is 0 Å². The van der Waals surface area contributed by atoms with E-state index in [2.05, 4.69) is 16.6 Å². The molecule has 0 aliphatic carbocycles. The van der Waals surface area contributed by atoms with E-state index in [1.54, 1.807) is 13.3 Å². The SMILES string of the molecule is CCn1ccnc1N(CCOC)CCC(=O)OC. The Kier molecular flexibility index (Phi) is 6.21. The summed E-state index contributed by atoms with van der Waals surface area (Å²) in [4.78, 5) is 17.6. The molecule has 1 rings (SSSR count). The van der Waals surface area contributed by atoms with Crippen LogP contribution in [-0.4, -0.2) is 49.4 Å². The van der Waals surface area contributed by atoms with Crippen LogP contribution in [0.25, 0.3) is 0 Å². The van der Waals surface area contributed by atoms with E-state index in [-0.39, 0.29) is 5.97 Å². The predicted octanol–water partition coefficient (Wildman–Crippen LogP) is 0.919. The Balaban J connectivity index is 2.68. The lowest BCUT2D eigenvalue weighted by Crippen LogP contribution is -2.32. The van der Waals surface area contributed by atoms with E-state index in [0.717, 1.165) is 12.5 Å². The lowest BCUT2D eigenvalue weighted by Gasteiger charge is -2.23. The molecule has 0 bridgehead atoms. The fourth-order valence-electron chi connectivity index (χ4n) is 1.67. The van der Waals surface area contributed by atoms with Crippen molar-refractivity contribution in [1.82, 2.24) is 9.55 Å². The summed E-state index contributed by atoms with van der Waals surface area (Å²) < 4.78 is 11.8. The largest absolute Gasteiger partial charge is 0.469 e. The van der Waals surface area contributed by atoms with Crippen LogP contribution in [0.4, 0.5) is 5.95 Å². The Morgan fingerprint density at radius 1 is 1.44 bits per heavy atom. The van der Waals surface area contributed by atoms with E-state index in [1.807, 2.05) is 15.7 Å². The van der Waals surface area contributed by atoms with Gasteiger partial charge < -0.3 is 18.9 Å². The number of carbonyl (C=O) groups excluding carboxylic acids is 1. The average Bonchev–Trinajstić information content (AvgIpc) is 2.86. The van der Waals surface area contributed by atoms with Crippen LogP contribution in [0.3, 0.4) is 0 Å². The van der Waals surface area contributed by atoms with Crippen LogP contribution in [0.5, 0.6) is 0 Å². The third-order valence-electron chi connectivity index (χ3n) is 2.70. The van der Waals surface area contributed by atoms with Crippen molar-refractivity contribution in [3.8, 4) is 0 Å². The zero-order chi connectivity index (χ0) is 13.4. The molecule has 0 atom stereocenters. The minimum atomic E-state index is -0.216. The summed E-state index contributed by atoms with van der Waals surface area (Å²) in [6.45, 7) is 4.77. The molecule has 18 heavy (non-hydrogen) atoms. The Bertz CT molecular complexity index is 365. The van der Waals surface area contributed by atoms with Gasteiger partial charge in [0.25, 0.3) is 0 Å². The lowest BCUT2D eigenvalue weighted by molar-refractivity contribution is -0.140. The van der Waals surface area contributed by atoms with Gasteiger partial charge in [0, 0.05) is 39.1 Å². The fourth-order valence-corrected chi connectivity index (χ4v) is 1.67. The predicted molar refractivity (Wildman–Crippen MR) is 68.6 cm³/mol. The maximum absolute atomic E-state index is 11.2. The highest BCUT2D eigenvalue weighted by molar-refractivity contribution is 5.69. The van der Waals surface area contributed by atoms with Crippen LogP contribution >= 0.6 is 0 Å². The molecule has 0 aromatic carbocycles. The number of anilines is 1. The van der Waals surface area contributed by atoms with Gasteiger partial charge in [-0.25, -0.2) is 4.98 Å². The molecule has 6 nitrogen and oxygen atoms in total. The monoisotopic (exact) mass is 255 g/mol. The highest BCUT2D eigenvalue weighted by atomic mass is 16.5. The van der Waals surface area contributed by atoms with Gasteiger partial charge in [0.2, 0.25) is 5.95 Å². The summed E-state index contributed by atoms with van der Waals surface area (Å²) in [5.74, 6) is 0.644. The van der Waals surface area contributed by atoms with Crippen molar-refractivity contribution in [2.75, 3.05) is 38.8 Å². The highest BCUT2D eigenvalue weighted by Gasteiger charge is 2.13. The van der Waals surface area contributed by atoms with Crippen LogP contribution in [-0.2, 0) is 20.8 Å². The summed E-state index contributed by atoms with van der Waals surface area (Å²) in [6, 6.07) is 0. The van der Waals surface area contributed by atoms with E-state index in [1.165, 1.54) is 7.11 Å². The number of methoxy groups -OCH3 is 2. The van der Waals surface area contributed by atoms with Gasteiger partial charge in [0.1, 0.15) is 0 Å². The molecule has 0 saturated heterocycles. The Morgan fingerprint density at radius 3 is 2.83 bits per heavy atom. The lowest BCUT2D eigenvalue weighted by atomic mass is 10.4. The van der Waals surface area contributed by atoms with E-state index in [0.29, 0.717) is 26.1 Å². The van der Waals surface area contributed by atoms with Crippen LogP contribution < -0.4 is 4.90 Å². The number of ether oxygens (including phenoxy) is 2. The molecule has 1 heterocycles. The first-order valence-electron chi connectivity index (χ1n) is 6.04. The number of imidazole rings is 1. The molecule has 1 aromatic heterocycles. The van der Waals surface area contributed by atoms with Crippen molar-refractivity contribution in [1.29, 1.82) is 0 Å². The number of aryl methyl sites for hydroxylation is 1. The smallest absolute Gasteiger partial charge is 0.307 e. The first-order valence-corrected chi connectivity index (χ1v) is 6.04. The molecular formula is C12H21N3O3. The average molecular weight is 255 g/mol. The quantitative estimate of drug-likeness (QED) is 0.646. The minimum absolute atomic E-state index is 0.216. The number of aromatic nitrogens is 2. The van der Waals surface area contributed by atoms with Crippen LogP contribution in [0.15, 0.2) is 12.4 Å². The topological polar surface area (TPSA) is 56.6 Å². The molecule has 0 aliphatic heterocycles. The van der Waals surface area contributed by atoms with Crippen molar-refractivity contribution < 1.29 is 14.3 Å². The molecule has 0 radical (unpaired) electrons. The molecule has 0 fully saturated rings. The van der Waals surface area contributed by atoms with Gasteiger partial charge in [-0.15, -0.1) is 0 Å². The number of nitrogens with zero attached hydrogens (tertiary/aromatic N) is 3. The summed E-state index contributed by atoms with van der Waals surface area (Å²) in [6.07, 6.45) is 4.03. The standard InChI is InChI=1S/C12H21N3O3/c1-4-14-8-6-13-12(14)15(9-10-17-2)7-5-11(16)18-3/h6,8H,4-5,7,9-10H2,1-3H3. The summed E-state index contributed by atoms with van der Waals surface area (Å²) >= 11 is 0. The molecule has 1 aromatic rings. The maximum atomic E-state index is 11.2. The molecule has 0 saturated carbocycles. The van der Waals surface area contributed by atoms with Crippen molar-refractivity contribution >= 4 is 11.9 Å². The minimum Gasteiger partial charge on any atom is -0.469 e. The van der Waals surface area contributed by atoms with E-state index >= 15 is 0 Å². The van der Waals surface area contributed by atoms with Crippen LogP contribution in [0.1, 0.15) is 13.3 Å². The number of hydrogen-bond acceptors (Lipinski definition) is 5. The summed E-state index contributed by atoms with van der Waals surface area (Å²) in [7, 11) is 3.06. The van der Waals surface area contributed by atoms with Crippen LogP contribution in [0, 0.1) is 0 Å². The maximum Gasteiger partial charge on any atom is 0.307 e. The van der Waals surface area contributed by atoms with Gasteiger partial charge in [-0.1, -0.05) is 0 Å². The first-order chi connectivity index (χ1) is 8.72. The van der Waals surface area contributed by atoms with Gasteiger partial charge in [-0.2, -0.15) is 0 Å². The van der Waals surface area contributed by atoms with Gasteiger partial charge in [-0.3, -0.25) is 4.79 Å². The number of carbonyl (C=O) groups is 1. The Morgan fingerprint density at radius 2 is 2.22 bits per heavy atom. The van der Waals surface area contributed by atoms with Gasteiger partial charge in [-0.05, 0) is 6.92 Å². The van der Waals surface area contributed by atoms with Gasteiger partial charge in [0.15, 0.2) is 0 Å².